The minimum Gasteiger partial charge on any atom is -0.494 e. The van der Waals surface area contributed by atoms with Crippen molar-refractivity contribution in [3.63, 3.8) is 0 Å². The summed E-state index contributed by atoms with van der Waals surface area (Å²) in [5.74, 6) is 0.311. The van der Waals surface area contributed by atoms with Gasteiger partial charge in [-0.1, -0.05) is 128 Å². The first kappa shape index (κ1) is 27.7. The summed E-state index contributed by atoms with van der Waals surface area (Å²) in [6.07, 6.45) is 26.1. The third-order valence-corrected chi connectivity index (χ3v) is 6.57. The Hall–Kier alpha value is -1.38. The van der Waals surface area contributed by atoms with Crippen LogP contribution in [-0.4, -0.2) is 14.8 Å². The van der Waals surface area contributed by atoms with Crippen molar-refractivity contribution in [2.75, 3.05) is 0 Å². The second-order valence-electron chi connectivity index (χ2n) is 9.38. The Labute approximate surface area is 193 Å². The molecular weight excluding hydrogens is 382 g/mol. The average Bonchev–Trinajstić information content (AvgIpc) is 3.08. The largest absolute Gasteiger partial charge is 0.494 e. The lowest BCUT2D eigenvalue weighted by Gasteiger charge is -2.22. The summed E-state index contributed by atoms with van der Waals surface area (Å²) in [5.41, 5.74) is 1.23. The molecule has 0 aliphatic carbocycles. The van der Waals surface area contributed by atoms with Gasteiger partial charge in [-0.2, -0.15) is 0 Å². The fourth-order valence-electron chi connectivity index (χ4n) is 4.65. The van der Waals surface area contributed by atoms with E-state index in [1.165, 1.54) is 102 Å². The molecule has 1 rings (SSSR count). The van der Waals surface area contributed by atoms with Crippen LogP contribution in [0.15, 0.2) is 23.8 Å². The molecule has 0 aliphatic heterocycles. The maximum atomic E-state index is 10.1. The summed E-state index contributed by atoms with van der Waals surface area (Å²) in [6.45, 7) is 6.52. The van der Waals surface area contributed by atoms with E-state index in [-0.39, 0.29) is 17.8 Å². The van der Waals surface area contributed by atoms with Gasteiger partial charge >= 0.3 is 0 Å². The fraction of sp³-hybridized carbons (Fsp3) is 0.786. The third-order valence-electron chi connectivity index (χ3n) is 6.57. The standard InChI is InChI=1S/C28H51NO2/c1-4-6-7-8-9-10-11-12-13-14-15-16-17-18-19-20-22-26(25(3)21-5-2)29-27(30)23-24-28(29)31/h21,23-24,26,30-31H,4-20,22H2,1-3H3. The highest BCUT2D eigenvalue weighted by Gasteiger charge is 2.18. The Morgan fingerprint density at radius 2 is 1.10 bits per heavy atom. The zero-order valence-corrected chi connectivity index (χ0v) is 20.9. The van der Waals surface area contributed by atoms with Crippen LogP contribution in [0.25, 0.3) is 0 Å². The van der Waals surface area contributed by atoms with Crippen molar-refractivity contribution in [1.82, 2.24) is 4.57 Å². The van der Waals surface area contributed by atoms with Crippen molar-refractivity contribution in [1.29, 1.82) is 0 Å². The molecule has 3 heteroatoms. The van der Waals surface area contributed by atoms with E-state index < -0.39 is 0 Å². The molecule has 0 aliphatic rings. The first-order valence-corrected chi connectivity index (χ1v) is 13.4. The van der Waals surface area contributed by atoms with Crippen molar-refractivity contribution in [3.05, 3.63) is 23.8 Å². The number of hydrogen-bond donors (Lipinski definition) is 2. The minimum atomic E-state index is 0.0570. The van der Waals surface area contributed by atoms with E-state index in [1.807, 2.05) is 0 Å². The van der Waals surface area contributed by atoms with Crippen molar-refractivity contribution >= 4 is 0 Å². The van der Waals surface area contributed by atoms with Gasteiger partial charge in [0.05, 0.1) is 6.04 Å². The molecule has 0 fully saturated rings. The molecule has 1 unspecified atom stereocenters. The summed E-state index contributed by atoms with van der Waals surface area (Å²) >= 11 is 0. The van der Waals surface area contributed by atoms with Crippen molar-refractivity contribution in [2.24, 2.45) is 0 Å². The fourth-order valence-corrected chi connectivity index (χ4v) is 4.65. The Kier molecular flexibility index (Phi) is 16.3. The van der Waals surface area contributed by atoms with E-state index in [1.54, 1.807) is 16.7 Å². The first-order valence-electron chi connectivity index (χ1n) is 13.4. The van der Waals surface area contributed by atoms with Gasteiger partial charge in [-0.05, 0) is 19.8 Å². The van der Waals surface area contributed by atoms with Crippen LogP contribution in [0.5, 0.6) is 11.8 Å². The second kappa shape index (κ2) is 18.2. The molecule has 0 saturated heterocycles. The zero-order valence-electron chi connectivity index (χ0n) is 20.9. The van der Waals surface area contributed by atoms with Crippen molar-refractivity contribution in [2.45, 2.75) is 142 Å². The van der Waals surface area contributed by atoms with Gasteiger partial charge in [0.1, 0.15) is 0 Å². The van der Waals surface area contributed by atoms with Gasteiger partial charge in [0.15, 0.2) is 11.8 Å². The summed E-state index contributed by atoms with van der Waals surface area (Å²) < 4.78 is 1.67. The van der Waals surface area contributed by atoms with Crippen LogP contribution in [0.2, 0.25) is 0 Å². The monoisotopic (exact) mass is 433 g/mol. The summed E-state index contributed by atoms with van der Waals surface area (Å²) in [5, 5.41) is 20.3. The molecule has 2 N–H and O–H groups in total. The molecule has 0 aromatic carbocycles. The van der Waals surface area contributed by atoms with Crippen LogP contribution in [0.4, 0.5) is 0 Å². The summed E-state index contributed by atoms with van der Waals surface area (Å²) in [7, 11) is 0. The molecule has 180 valence electrons. The SMILES string of the molecule is CCC=C(C)C(CCCCCCCCCCCCCCCCCC)n1c(O)ccc1O. The second-order valence-corrected chi connectivity index (χ2v) is 9.38. The Morgan fingerprint density at radius 3 is 1.48 bits per heavy atom. The number of aromatic hydroxyl groups is 2. The van der Waals surface area contributed by atoms with Crippen LogP contribution in [0, 0.1) is 0 Å². The van der Waals surface area contributed by atoms with Crippen LogP contribution >= 0.6 is 0 Å². The Morgan fingerprint density at radius 1 is 0.710 bits per heavy atom. The predicted octanol–water partition coefficient (Wildman–Crippen LogP) is 9.45. The lowest BCUT2D eigenvalue weighted by atomic mass is 9.99. The molecule has 1 heterocycles. The van der Waals surface area contributed by atoms with E-state index in [0.29, 0.717) is 0 Å². The number of hydrogen-bond acceptors (Lipinski definition) is 2. The smallest absolute Gasteiger partial charge is 0.194 e. The molecule has 1 aromatic rings. The topological polar surface area (TPSA) is 45.4 Å². The number of aromatic nitrogens is 1. The van der Waals surface area contributed by atoms with Crippen LogP contribution in [0.1, 0.15) is 142 Å². The van der Waals surface area contributed by atoms with Crippen molar-refractivity contribution < 1.29 is 10.2 Å². The highest BCUT2D eigenvalue weighted by atomic mass is 16.3. The van der Waals surface area contributed by atoms with Gasteiger partial charge in [-0.25, -0.2) is 0 Å². The molecule has 0 amide bonds. The number of unbranched alkanes of at least 4 members (excludes halogenated alkanes) is 15. The molecule has 1 atom stereocenters. The predicted molar refractivity (Wildman–Crippen MR) is 135 cm³/mol. The van der Waals surface area contributed by atoms with Gasteiger partial charge < -0.3 is 10.2 Å². The van der Waals surface area contributed by atoms with E-state index in [0.717, 1.165) is 19.3 Å². The third kappa shape index (κ3) is 12.3. The highest BCUT2D eigenvalue weighted by molar-refractivity contribution is 5.27. The minimum absolute atomic E-state index is 0.0570. The van der Waals surface area contributed by atoms with E-state index in [2.05, 4.69) is 26.8 Å². The van der Waals surface area contributed by atoms with Crippen LogP contribution in [-0.2, 0) is 0 Å². The first-order chi connectivity index (χ1) is 15.1. The Balaban J connectivity index is 2.06. The quantitative estimate of drug-likeness (QED) is 0.159. The maximum Gasteiger partial charge on any atom is 0.194 e. The van der Waals surface area contributed by atoms with Crippen LogP contribution < -0.4 is 0 Å². The number of nitrogens with zero attached hydrogens (tertiary/aromatic N) is 1. The van der Waals surface area contributed by atoms with E-state index in [9.17, 15) is 10.2 Å². The highest BCUT2D eigenvalue weighted by Crippen LogP contribution is 2.34. The van der Waals surface area contributed by atoms with E-state index >= 15 is 0 Å². The van der Waals surface area contributed by atoms with Gasteiger partial charge in [-0.3, -0.25) is 4.57 Å². The molecule has 0 spiro atoms. The number of allylic oxidation sites excluding steroid dienone is 2. The van der Waals surface area contributed by atoms with Crippen molar-refractivity contribution in [3.8, 4) is 11.8 Å². The molecule has 1 aromatic heterocycles. The summed E-state index contributed by atoms with van der Waals surface area (Å²) in [6, 6.07) is 3.21. The molecule has 0 radical (unpaired) electrons. The molecule has 0 saturated carbocycles. The molecule has 31 heavy (non-hydrogen) atoms. The lowest BCUT2D eigenvalue weighted by molar-refractivity contribution is 0.336. The Bertz CT molecular complexity index is 556. The molecule has 0 bridgehead atoms. The number of rotatable bonds is 20. The van der Waals surface area contributed by atoms with Gasteiger partial charge in [0.2, 0.25) is 0 Å². The van der Waals surface area contributed by atoms with Gasteiger partial charge in [-0.15, -0.1) is 0 Å². The van der Waals surface area contributed by atoms with Crippen LogP contribution in [0.3, 0.4) is 0 Å². The van der Waals surface area contributed by atoms with Gasteiger partial charge in [0.25, 0.3) is 0 Å². The summed E-state index contributed by atoms with van der Waals surface area (Å²) in [4.78, 5) is 0. The van der Waals surface area contributed by atoms with E-state index in [4.69, 9.17) is 0 Å². The van der Waals surface area contributed by atoms with Gasteiger partial charge in [0, 0.05) is 12.1 Å². The average molecular weight is 434 g/mol. The normalized spacial score (nSPS) is 13.1. The molecular formula is C28H51NO2. The maximum absolute atomic E-state index is 10.1. The molecule has 3 nitrogen and oxygen atoms in total. The lowest BCUT2D eigenvalue weighted by Crippen LogP contribution is -2.10. The zero-order chi connectivity index (χ0) is 22.7.